The molecule has 0 saturated heterocycles. The SMILES string of the molecule is C=C(C)C(=C)N(C(=C)CC)C(C)(C)C.CSC(C)(C)C. The monoisotopic (exact) mass is 297 g/mol. The van der Waals surface area contributed by atoms with Gasteiger partial charge in [-0.25, -0.2) is 0 Å². The molecule has 0 aromatic rings. The summed E-state index contributed by atoms with van der Waals surface area (Å²) in [4.78, 5) is 2.16. The van der Waals surface area contributed by atoms with Gasteiger partial charge in [0.15, 0.2) is 0 Å². The number of nitrogens with zero attached hydrogens (tertiary/aromatic N) is 1. The smallest absolute Gasteiger partial charge is 0.0363 e. The fraction of sp³-hybridized carbons (Fsp3) is 0.667. The van der Waals surface area contributed by atoms with Crippen LogP contribution >= 0.6 is 11.8 Å². The summed E-state index contributed by atoms with van der Waals surface area (Å²) in [5.41, 5.74) is 3.06. The maximum atomic E-state index is 4.07. The Morgan fingerprint density at radius 1 is 1.00 bits per heavy atom. The van der Waals surface area contributed by atoms with Crippen LogP contribution in [0, 0.1) is 0 Å². The molecule has 118 valence electrons. The van der Waals surface area contributed by atoms with Gasteiger partial charge >= 0.3 is 0 Å². The summed E-state index contributed by atoms with van der Waals surface area (Å²) in [6.07, 6.45) is 3.06. The molecule has 0 aromatic heterocycles. The van der Waals surface area contributed by atoms with E-state index in [0.717, 1.165) is 23.4 Å². The first kappa shape index (κ1) is 21.7. The highest BCUT2D eigenvalue weighted by Gasteiger charge is 2.24. The molecule has 0 atom stereocenters. The zero-order valence-electron chi connectivity index (χ0n) is 15.2. The van der Waals surface area contributed by atoms with E-state index in [1.807, 2.05) is 18.7 Å². The fourth-order valence-electron chi connectivity index (χ4n) is 1.42. The average molecular weight is 298 g/mol. The van der Waals surface area contributed by atoms with Gasteiger partial charge in [0.05, 0.1) is 0 Å². The minimum absolute atomic E-state index is 0.0170. The average Bonchev–Trinajstić information content (AvgIpc) is 2.26. The molecule has 0 aromatic carbocycles. The van der Waals surface area contributed by atoms with Crippen molar-refractivity contribution in [2.24, 2.45) is 0 Å². The molecule has 0 rings (SSSR count). The van der Waals surface area contributed by atoms with Crippen molar-refractivity contribution in [3.05, 3.63) is 36.7 Å². The molecule has 1 nitrogen and oxygen atoms in total. The van der Waals surface area contributed by atoms with Crippen LogP contribution in [0.2, 0.25) is 0 Å². The zero-order valence-corrected chi connectivity index (χ0v) is 16.0. The van der Waals surface area contributed by atoms with Crippen molar-refractivity contribution in [3.8, 4) is 0 Å². The maximum absolute atomic E-state index is 4.07. The molecule has 20 heavy (non-hydrogen) atoms. The van der Waals surface area contributed by atoms with Crippen molar-refractivity contribution < 1.29 is 0 Å². The van der Waals surface area contributed by atoms with E-state index in [9.17, 15) is 0 Å². The topological polar surface area (TPSA) is 3.24 Å². The first-order valence-corrected chi connectivity index (χ1v) is 8.38. The summed E-state index contributed by atoms with van der Waals surface area (Å²) in [7, 11) is 0. The Balaban J connectivity index is 0. The Labute approximate surface area is 132 Å². The Kier molecular flexibility index (Phi) is 9.33. The van der Waals surface area contributed by atoms with E-state index in [-0.39, 0.29) is 5.54 Å². The molecule has 0 aliphatic rings. The highest BCUT2D eigenvalue weighted by molar-refractivity contribution is 7.99. The van der Waals surface area contributed by atoms with Crippen LogP contribution in [-0.2, 0) is 0 Å². The summed E-state index contributed by atoms with van der Waals surface area (Å²) in [6, 6.07) is 0. The largest absolute Gasteiger partial charge is 0.341 e. The van der Waals surface area contributed by atoms with Gasteiger partial charge in [-0.1, -0.05) is 47.4 Å². The van der Waals surface area contributed by atoms with Crippen LogP contribution in [0.15, 0.2) is 36.7 Å². The van der Waals surface area contributed by atoms with Gasteiger partial charge in [-0.15, -0.1) is 0 Å². The Morgan fingerprint density at radius 2 is 1.35 bits per heavy atom. The molecule has 0 aliphatic heterocycles. The second kappa shape index (κ2) is 8.61. The Morgan fingerprint density at radius 3 is 1.50 bits per heavy atom. The summed E-state index contributed by atoms with van der Waals surface area (Å²) < 4.78 is 0.458. The van der Waals surface area contributed by atoms with Gasteiger partial charge in [0.25, 0.3) is 0 Å². The van der Waals surface area contributed by atoms with Gasteiger partial charge in [-0.05, 0) is 45.9 Å². The molecular weight excluding hydrogens is 262 g/mol. The van der Waals surface area contributed by atoms with E-state index in [4.69, 9.17) is 0 Å². The predicted octanol–water partition coefficient (Wildman–Crippen LogP) is 6.25. The lowest BCUT2D eigenvalue weighted by Gasteiger charge is -2.40. The van der Waals surface area contributed by atoms with Crippen LogP contribution in [0.1, 0.15) is 61.8 Å². The standard InChI is InChI=1S/C13H23N.C5H12S/c1-9-11(4)14(13(6,7)8)12(5)10(2)3;1-5(2,3)6-4/h2,4-5,9H2,1,3,6-8H3;1-4H3. The van der Waals surface area contributed by atoms with Gasteiger partial charge in [0.1, 0.15) is 0 Å². The summed E-state index contributed by atoms with van der Waals surface area (Å²) in [5.74, 6) is 0. The number of rotatable bonds is 4. The first-order valence-electron chi connectivity index (χ1n) is 7.15. The van der Waals surface area contributed by atoms with Gasteiger partial charge < -0.3 is 4.90 Å². The lowest BCUT2D eigenvalue weighted by atomic mass is 10.0. The van der Waals surface area contributed by atoms with Crippen molar-refractivity contribution in [2.75, 3.05) is 6.26 Å². The van der Waals surface area contributed by atoms with E-state index in [1.54, 1.807) is 0 Å². The normalized spacial score (nSPS) is 11.2. The van der Waals surface area contributed by atoms with E-state index in [2.05, 4.69) is 79.4 Å². The minimum Gasteiger partial charge on any atom is -0.341 e. The third-order valence-electron chi connectivity index (χ3n) is 2.77. The molecule has 0 bridgehead atoms. The molecule has 0 amide bonds. The number of allylic oxidation sites excluding steroid dienone is 2. The highest BCUT2D eigenvalue weighted by Crippen LogP contribution is 2.28. The molecule has 0 aliphatic carbocycles. The summed E-state index contributed by atoms with van der Waals surface area (Å²) >= 11 is 1.88. The van der Waals surface area contributed by atoms with Crippen molar-refractivity contribution in [2.45, 2.75) is 72.1 Å². The first-order chi connectivity index (χ1) is 8.77. The quantitative estimate of drug-likeness (QED) is 0.564. The minimum atomic E-state index is 0.0170. The molecule has 0 saturated carbocycles. The van der Waals surface area contributed by atoms with Gasteiger partial charge in [0, 0.05) is 21.7 Å². The Bertz CT molecular complexity index is 339. The van der Waals surface area contributed by atoms with Crippen LogP contribution < -0.4 is 0 Å². The lowest BCUT2D eigenvalue weighted by Crippen LogP contribution is -2.39. The zero-order chi connectivity index (χ0) is 16.7. The van der Waals surface area contributed by atoms with Crippen molar-refractivity contribution in [1.82, 2.24) is 4.90 Å². The second-order valence-corrected chi connectivity index (χ2v) is 8.60. The molecule has 0 fully saturated rings. The summed E-state index contributed by atoms with van der Waals surface area (Å²) in [5, 5.41) is 0. The molecule has 0 heterocycles. The fourth-order valence-corrected chi connectivity index (χ4v) is 1.42. The molecule has 0 radical (unpaired) electrons. The van der Waals surface area contributed by atoms with E-state index >= 15 is 0 Å². The lowest BCUT2D eigenvalue weighted by molar-refractivity contribution is 0.237. The van der Waals surface area contributed by atoms with Gasteiger partial charge in [-0.3, -0.25) is 0 Å². The second-order valence-electron chi connectivity index (χ2n) is 6.97. The van der Waals surface area contributed by atoms with Crippen molar-refractivity contribution in [1.29, 1.82) is 0 Å². The van der Waals surface area contributed by atoms with Crippen LogP contribution in [0.4, 0.5) is 0 Å². The highest BCUT2D eigenvalue weighted by atomic mass is 32.2. The van der Waals surface area contributed by atoms with Crippen molar-refractivity contribution in [3.63, 3.8) is 0 Å². The molecule has 2 heteroatoms. The maximum Gasteiger partial charge on any atom is 0.0363 e. The van der Waals surface area contributed by atoms with E-state index < -0.39 is 0 Å². The van der Waals surface area contributed by atoms with E-state index in [1.165, 1.54) is 0 Å². The van der Waals surface area contributed by atoms with Crippen LogP contribution in [0.3, 0.4) is 0 Å². The molecule has 0 N–H and O–H groups in total. The number of hydrogen-bond donors (Lipinski definition) is 0. The Hall–Kier alpha value is -0.630. The number of hydrogen-bond acceptors (Lipinski definition) is 2. The molecule has 0 unspecified atom stereocenters. The molecular formula is C18H35NS. The predicted molar refractivity (Wildman–Crippen MR) is 98.2 cm³/mol. The van der Waals surface area contributed by atoms with Crippen LogP contribution in [-0.4, -0.2) is 21.4 Å². The van der Waals surface area contributed by atoms with Crippen LogP contribution in [0.5, 0.6) is 0 Å². The van der Waals surface area contributed by atoms with Crippen molar-refractivity contribution >= 4 is 11.8 Å². The van der Waals surface area contributed by atoms with Gasteiger partial charge in [0.2, 0.25) is 0 Å². The summed E-state index contributed by atoms with van der Waals surface area (Å²) in [6.45, 7) is 29.2. The number of thioether (sulfide) groups is 1. The molecule has 0 spiro atoms. The van der Waals surface area contributed by atoms with E-state index in [0.29, 0.717) is 4.75 Å². The third-order valence-corrected chi connectivity index (χ3v) is 3.99. The third kappa shape index (κ3) is 9.30. The van der Waals surface area contributed by atoms with Crippen LogP contribution in [0.25, 0.3) is 0 Å². The van der Waals surface area contributed by atoms with Gasteiger partial charge in [-0.2, -0.15) is 11.8 Å².